The molecule has 10 unspecified atom stereocenters. The lowest BCUT2D eigenvalue weighted by molar-refractivity contribution is -0.188. The summed E-state index contributed by atoms with van der Waals surface area (Å²) in [6, 6.07) is 0. The summed E-state index contributed by atoms with van der Waals surface area (Å²) in [6.07, 6.45) is 7.66. The third-order valence-electron chi connectivity index (χ3n) is 8.81. The summed E-state index contributed by atoms with van der Waals surface area (Å²) >= 11 is 0. The van der Waals surface area contributed by atoms with E-state index in [0.717, 1.165) is 73.2 Å². The molecule has 5 fully saturated rings. The van der Waals surface area contributed by atoms with Gasteiger partial charge in [0, 0.05) is 12.8 Å². The molecule has 5 aliphatic rings. The molecular formula is C21H32O3. The number of hydrogen-bond donors (Lipinski definition) is 0. The molecule has 0 aromatic heterocycles. The molecule has 5 rings (SSSR count). The van der Waals surface area contributed by atoms with Crippen LogP contribution < -0.4 is 0 Å². The highest BCUT2D eigenvalue weighted by atomic mass is 16.7. The van der Waals surface area contributed by atoms with E-state index in [4.69, 9.17) is 9.47 Å². The molecule has 24 heavy (non-hydrogen) atoms. The quantitative estimate of drug-likeness (QED) is 0.572. The van der Waals surface area contributed by atoms with Crippen LogP contribution in [0.15, 0.2) is 0 Å². The lowest BCUT2D eigenvalue weighted by Gasteiger charge is -2.43. The third-order valence-corrected chi connectivity index (χ3v) is 8.81. The maximum atomic E-state index is 12.4. The van der Waals surface area contributed by atoms with E-state index in [2.05, 4.69) is 13.8 Å². The highest BCUT2D eigenvalue weighted by molar-refractivity contribution is 5.70. The van der Waals surface area contributed by atoms with Gasteiger partial charge in [0.05, 0.1) is 6.61 Å². The molecule has 1 saturated heterocycles. The molecule has 0 aromatic carbocycles. The van der Waals surface area contributed by atoms with Gasteiger partial charge in [-0.25, -0.2) is 0 Å². The minimum atomic E-state index is -0.263. The largest absolute Gasteiger partial charge is 0.436 e. The normalized spacial score (nSPS) is 54.9. The standard InChI is InChI=1S/C21H32O3/c1-11-12(2)16-10-15(11)20-14-7-13(17(8-14)21(16)20)9-18(22)24-19-5-3-4-6-23-19/h11-17,19-21H,3-10H2,1-2H3. The monoisotopic (exact) mass is 332 g/mol. The van der Waals surface area contributed by atoms with Gasteiger partial charge in [-0.2, -0.15) is 0 Å². The van der Waals surface area contributed by atoms with E-state index >= 15 is 0 Å². The second-order valence-electron chi connectivity index (χ2n) is 9.58. The van der Waals surface area contributed by atoms with E-state index in [0.29, 0.717) is 12.3 Å². The first-order chi connectivity index (χ1) is 11.6. The molecule has 0 aromatic rings. The summed E-state index contributed by atoms with van der Waals surface area (Å²) in [5.41, 5.74) is 0. The summed E-state index contributed by atoms with van der Waals surface area (Å²) in [7, 11) is 0. The fourth-order valence-corrected chi connectivity index (χ4v) is 7.81. The first-order valence-electron chi connectivity index (χ1n) is 10.4. The lowest BCUT2D eigenvalue weighted by atomic mass is 9.62. The smallest absolute Gasteiger partial charge is 0.308 e. The Morgan fingerprint density at radius 3 is 2.54 bits per heavy atom. The van der Waals surface area contributed by atoms with Crippen molar-refractivity contribution in [2.24, 2.45) is 53.3 Å². The van der Waals surface area contributed by atoms with Gasteiger partial charge in [-0.1, -0.05) is 13.8 Å². The molecule has 3 nitrogen and oxygen atoms in total. The fourth-order valence-electron chi connectivity index (χ4n) is 7.81. The summed E-state index contributed by atoms with van der Waals surface area (Å²) in [4.78, 5) is 12.4. The Morgan fingerprint density at radius 1 is 1.00 bits per heavy atom. The van der Waals surface area contributed by atoms with Crippen LogP contribution in [0.1, 0.15) is 58.8 Å². The van der Waals surface area contributed by atoms with Gasteiger partial charge < -0.3 is 9.47 Å². The van der Waals surface area contributed by atoms with Gasteiger partial charge in [-0.3, -0.25) is 4.79 Å². The highest BCUT2D eigenvalue weighted by Crippen LogP contribution is 2.71. The molecule has 1 heterocycles. The van der Waals surface area contributed by atoms with Crippen molar-refractivity contribution in [3.05, 3.63) is 0 Å². The highest BCUT2D eigenvalue weighted by Gasteiger charge is 2.65. The van der Waals surface area contributed by atoms with Crippen LogP contribution in [-0.2, 0) is 14.3 Å². The van der Waals surface area contributed by atoms with Crippen molar-refractivity contribution in [3.63, 3.8) is 0 Å². The van der Waals surface area contributed by atoms with Crippen LogP contribution in [0.3, 0.4) is 0 Å². The van der Waals surface area contributed by atoms with Gasteiger partial charge in [0.15, 0.2) is 0 Å². The molecule has 4 saturated carbocycles. The van der Waals surface area contributed by atoms with Gasteiger partial charge in [0.2, 0.25) is 6.29 Å². The molecule has 0 radical (unpaired) electrons. The Labute approximate surface area is 145 Å². The van der Waals surface area contributed by atoms with Crippen LogP contribution in [-0.4, -0.2) is 18.9 Å². The Morgan fingerprint density at radius 2 is 1.79 bits per heavy atom. The van der Waals surface area contributed by atoms with E-state index in [1.807, 2.05) is 0 Å². The Kier molecular flexibility index (Phi) is 3.74. The Balaban J connectivity index is 1.22. The van der Waals surface area contributed by atoms with Gasteiger partial charge in [0.25, 0.3) is 0 Å². The maximum absolute atomic E-state index is 12.4. The van der Waals surface area contributed by atoms with E-state index in [1.54, 1.807) is 0 Å². The van der Waals surface area contributed by atoms with Gasteiger partial charge in [-0.05, 0) is 85.4 Å². The number of fused-ring (bicyclic) bond motifs is 9. The van der Waals surface area contributed by atoms with Crippen LogP contribution >= 0.6 is 0 Å². The first-order valence-corrected chi connectivity index (χ1v) is 10.4. The summed E-state index contributed by atoms with van der Waals surface area (Å²) in [6.45, 7) is 5.73. The van der Waals surface area contributed by atoms with E-state index in [9.17, 15) is 4.79 Å². The number of carbonyl (C=O) groups is 1. The molecule has 3 heteroatoms. The molecule has 0 N–H and O–H groups in total. The van der Waals surface area contributed by atoms with Crippen molar-refractivity contribution < 1.29 is 14.3 Å². The van der Waals surface area contributed by atoms with E-state index < -0.39 is 0 Å². The van der Waals surface area contributed by atoms with Gasteiger partial charge in [-0.15, -0.1) is 0 Å². The average molecular weight is 332 g/mol. The van der Waals surface area contributed by atoms with E-state index in [-0.39, 0.29) is 12.3 Å². The molecule has 1 aliphatic heterocycles. The van der Waals surface area contributed by atoms with Crippen molar-refractivity contribution in [2.45, 2.75) is 65.1 Å². The molecule has 0 spiro atoms. The number of rotatable bonds is 3. The topological polar surface area (TPSA) is 35.5 Å². The van der Waals surface area contributed by atoms with Crippen LogP contribution in [0, 0.1) is 53.3 Å². The zero-order valence-electron chi connectivity index (χ0n) is 15.2. The summed E-state index contributed by atoms with van der Waals surface area (Å²) < 4.78 is 11.2. The minimum absolute atomic E-state index is 0.000530. The molecule has 0 amide bonds. The molecule has 4 bridgehead atoms. The van der Waals surface area contributed by atoms with Crippen LogP contribution in [0.4, 0.5) is 0 Å². The molecule has 4 aliphatic carbocycles. The van der Waals surface area contributed by atoms with Crippen molar-refractivity contribution in [3.8, 4) is 0 Å². The number of esters is 1. The van der Waals surface area contributed by atoms with Crippen LogP contribution in [0.5, 0.6) is 0 Å². The van der Waals surface area contributed by atoms with Crippen molar-refractivity contribution in [2.75, 3.05) is 6.61 Å². The lowest BCUT2D eigenvalue weighted by Crippen LogP contribution is -2.39. The average Bonchev–Trinajstić information content (AvgIpc) is 3.28. The van der Waals surface area contributed by atoms with Gasteiger partial charge >= 0.3 is 5.97 Å². The predicted molar refractivity (Wildman–Crippen MR) is 90.9 cm³/mol. The Hall–Kier alpha value is -0.570. The predicted octanol–water partition coefficient (Wildman–Crippen LogP) is 4.26. The van der Waals surface area contributed by atoms with Gasteiger partial charge in [0.1, 0.15) is 0 Å². The second kappa shape index (κ2) is 5.72. The number of hydrogen-bond acceptors (Lipinski definition) is 3. The summed E-state index contributed by atoms with van der Waals surface area (Å²) in [5, 5.41) is 0. The maximum Gasteiger partial charge on any atom is 0.308 e. The van der Waals surface area contributed by atoms with Crippen LogP contribution in [0.2, 0.25) is 0 Å². The first kappa shape index (κ1) is 15.7. The zero-order chi connectivity index (χ0) is 16.4. The van der Waals surface area contributed by atoms with Crippen molar-refractivity contribution in [1.29, 1.82) is 0 Å². The Bertz CT molecular complexity index is 511. The van der Waals surface area contributed by atoms with Crippen molar-refractivity contribution in [1.82, 2.24) is 0 Å². The molecular weight excluding hydrogens is 300 g/mol. The SMILES string of the molecule is CC1C(C)C2CC1C1C3CC(CC(=O)OC4CCCCO4)C(C3)C21. The van der Waals surface area contributed by atoms with Crippen LogP contribution in [0.25, 0.3) is 0 Å². The summed E-state index contributed by atoms with van der Waals surface area (Å²) in [5.74, 6) is 8.03. The number of carbonyl (C=O) groups excluding carboxylic acids is 1. The second-order valence-corrected chi connectivity index (χ2v) is 9.58. The number of ether oxygens (including phenoxy) is 2. The fraction of sp³-hybridized carbons (Fsp3) is 0.952. The minimum Gasteiger partial charge on any atom is -0.436 e. The molecule has 134 valence electrons. The van der Waals surface area contributed by atoms with Crippen molar-refractivity contribution >= 4 is 5.97 Å². The zero-order valence-corrected chi connectivity index (χ0v) is 15.2. The third kappa shape index (κ3) is 2.22. The molecule has 10 atom stereocenters. The van der Waals surface area contributed by atoms with E-state index in [1.165, 1.54) is 19.3 Å².